The Morgan fingerprint density at radius 2 is 1.90 bits per heavy atom. The minimum Gasteiger partial charge on any atom is -0.492 e. The number of thiocarbonyl (C=S) groups is 1. The van der Waals surface area contributed by atoms with Gasteiger partial charge in [-0.3, -0.25) is 10.1 Å². The van der Waals surface area contributed by atoms with Gasteiger partial charge in [0.05, 0.1) is 28.0 Å². The Kier molecular flexibility index (Phi) is 7.58. The Labute approximate surface area is 186 Å². The number of carbonyl (C=O) groups excluding carboxylic acids is 1. The normalized spacial score (nSPS) is 13.7. The van der Waals surface area contributed by atoms with E-state index in [0.29, 0.717) is 28.0 Å². The molecule has 1 fully saturated rings. The Balaban J connectivity index is 1.70. The summed E-state index contributed by atoms with van der Waals surface area (Å²) in [6.07, 6.45) is 3.48. The quantitative estimate of drug-likeness (QED) is 0.586. The van der Waals surface area contributed by atoms with Gasteiger partial charge in [0.1, 0.15) is 5.75 Å². The van der Waals surface area contributed by atoms with Crippen LogP contribution in [-0.2, 0) is 0 Å². The minimum absolute atomic E-state index is 0.195. The van der Waals surface area contributed by atoms with Crippen LogP contribution in [0.2, 0.25) is 10.0 Å². The van der Waals surface area contributed by atoms with Gasteiger partial charge in [-0.15, -0.1) is 0 Å². The van der Waals surface area contributed by atoms with Gasteiger partial charge in [-0.1, -0.05) is 29.3 Å². The van der Waals surface area contributed by atoms with Gasteiger partial charge in [-0.25, -0.2) is 0 Å². The lowest BCUT2D eigenvalue weighted by Crippen LogP contribution is -2.35. The molecule has 0 bridgehead atoms. The number of ether oxygens (including phenoxy) is 1. The Hall–Kier alpha value is -2.02. The van der Waals surface area contributed by atoms with E-state index < -0.39 is 0 Å². The SMILES string of the molecule is CCOc1ccc(C(=O)NC(=S)Nc2cccc(Cl)c2N2CCCCC2)cc1Cl. The van der Waals surface area contributed by atoms with Gasteiger partial charge >= 0.3 is 0 Å². The van der Waals surface area contributed by atoms with Crippen LogP contribution in [-0.4, -0.2) is 30.7 Å². The molecule has 0 saturated carbocycles. The second-order valence-electron chi connectivity index (χ2n) is 6.67. The van der Waals surface area contributed by atoms with E-state index >= 15 is 0 Å². The molecule has 0 unspecified atom stereocenters. The Morgan fingerprint density at radius 1 is 1.14 bits per heavy atom. The first-order valence-corrected chi connectivity index (χ1v) is 10.7. The van der Waals surface area contributed by atoms with E-state index in [1.54, 1.807) is 18.2 Å². The summed E-state index contributed by atoms with van der Waals surface area (Å²) < 4.78 is 5.39. The molecule has 2 aromatic carbocycles. The standard InChI is InChI=1S/C21H23Cl2N3O2S/c1-2-28-18-10-9-14(13-16(18)23)20(27)25-21(29)24-17-8-6-7-15(22)19(17)26-11-4-3-5-12-26/h6-10,13H,2-5,11-12H2,1H3,(H2,24,25,27,29). The fourth-order valence-electron chi connectivity index (χ4n) is 3.30. The van der Waals surface area contributed by atoms with Gasteiger partial charge in [0, 0.05) is 18.7 Å². The molecule has 1 heterocycles. The second-order valence-corrected chi connectivity index (χ2v) is 7.89. The number of halogens is 2. The Morgan fingerprint density at radius 3 is 2.59 bits per heavy atom. The van der Waals surface area contributed by atoms with Crippen molar-refractivity contribution in [2.45, 2.75) is 26.2 Å². The maximum absolute atomic E-state index is 12.5. The lowest BCUT2D eigenvalue weighted by atomic mass is 10.1. The van der Waals surface area contributed by atoms with Crippen LogP contribution in [0.5, 0.6) is 5.75 Å². The van der Waals surface area contributed by atoms with Crippen molar-refractivity contribution in [3.63, 3.8) is 0 Å². The minimum atomic E-state index is -0.353. The summed E-state index contributed by atoms with van der Waals surface area (Å²) >= 11 is 18.0. The van der Waals surface area contributed by atoms with Gasteiger partial charge in [-0.2, -0.15) is 0 Å². The predicted octanol–water partition coefficient (Wildman–Crippen LogP) is 5.51. The molecule has 1 amide bonds. The summed E-state index contributed by atoms with van der Waals surface area (Å²) in [6, 6.07) is 10.5. The lowest BCUT2D eigenvalue weighted by molar-refractivity contribution is 0.0977. The number of carbonyl (C=O) groups is 1. The van der Waals surface area contributed by atoms with Crippen LogP contribution < -0.4 is 20.3 Å². The number of para-hydroxylation sites is 1. The smallest absolute Gasteiger partial charge is 0.257 e. The maximum atomic E-state index is 12.5. The van der Waals surface area contributed by atoms with E-state index in [1.807, 2.05) is 25.1 Å². The third kappa shape index (κ3) is 5.53. The van der Waals surface area contributed by atoms with E-state index in [9.17, 15) is 4.79 Å². The zero-order valence-corrected chi connectivity index (χ0v) is 18.5. The van der Waals surface area contributed by atoms with Crippen molar-refractivity contribution in [3.8, 4) is 5.75 Å². The van der Waals surface area contributed by atoms with Crippen LogP contribution >= 0.6 is 35.4 Å². The number of rotatable bonds is 5. The molecule has 3 rings (SSSR count). The van der Waals surface area contributed by atoms with Crippen LogP contribution in [0.4, 0.5) is 11.4 Å². The molecule has 154 valence electrons. The average Bonchev–Trinajstić information content (AvgIpc) is 2.70. The molecule has 0 aliphatic carbocycles. The first-order chi connectivity index (χ1) is 14.0. The molecule has 2 N–H and O–H groups in total. The molecule has 29 heavy (non-hydrogen) atoms. The highest BCUT2D eigenvalue weighted by molar-refractivity contribution is 7.80. The molecule has 0 spiro atoms. The van der Waals surface area contributed by atoms with Crippen molar-refractivity contribution >= 4 is 57.8 Å². The van der Waals surface area contributed by atoms with Crippen LogP contribution in [0.25, 0.3) is 0 Å². The monoisotopic (exact) mass is 451 g/mol. The summed E-state index contributed by atoms with van der Waals surface area (Å²) in [6.45, 7) is 4.26. The van der Waals surface area contributed by atoms with E-state index in [0.717, 1.165) is 37.3 Å². The largest absolute Gasteiger partial charge is 0.492 e. The van der Waals surface area contributed by atoms with Gasteiger partial charge in [0.2, 0.25) is 0 Å². The summed E-state index contributed by atoms with van der Waals surface area (Å²) in [5.41, 5.74) is 2.08. The molecule has 0 aromatic heterocycles. The highest BCUT2D eigenvalue weighted by Crippen LogP contribution is 2.35. The highest BCUT2D eigenvalue weighted by Gasteiger charge is 2.19. The fourth-order valence-corrected chi connectivity index (χ4v) is 4.03. The topological polar surface area (TPSA) is 53.6 Å². The maximum Gasteiger partial charge on any atom is 0.257 e. The third-order valence-electron chi connectivity index (χ3n) is 4.63. The molecule has 0 radical (unpaired) electrons. The van der Waals surface area contributed by atoms with Crippen molar-refractivity contribution < 1.29 is 9.53 Å². The molecule has 1 aliphatic heterocycles. The van der Waals surface area contributed by atoms with E-state index in [-0.39, 0.29) is 11.0 Å². The van der Waals surface area contributed by atoms with E-state index in [4.69, 9.17) is 40.2 Å². The number of nitrogens with zero attached hydrogens (tertiary/aromatic N) is 1. The summed E-state index contributed by atoms with van der Waals surface area (Å²) in [5, 5.41) is 7.03. The van der Waals surface area contributed by atoms with Crippen molar-refractivity contribution in [1.82, 2.24) is 5.32 Å². The van der Waals surface area contributed by atoms with E-state index in [1.165, 1.54) is 6.42 Å². The second kappa shape index (κ2) is 10.1. The zero-order valence-electron chi connectivity index (χ0n) is 16.1. The van der Waals surface area contributed by atoms with E-state index in [2.05, 4.69) is 15.5 Å². The molecule has 0 atom stereocenters. The zero-order chi connectivity index (χ0) is 20.8. The summed E-state index contributed by atoms with van der Waals surface area (Å²) in [4.78, 5) is 14.8. The first-order valence-electron chi connectivity index (χ1n) is 9.57. The van der Waals surface area contributed by atoms with Gasteiger partial charge < -0.3 is 15.0 Å². The number of piperidine rings is 1. The number of hydrogen-bond acceptors (Lipinski definition) is 4. The summed E-state index contributed by atoms with van der Waals surface area (Å²) in [7, 11) is 0. The van der Waals surface area contributed by atoms with Gasteiger partial charge in [-0.05, 0) is 68.7 Å². The average molecular weight is 452 g/mol. The van der Waals surface area contributed by atoms with Crippen molar-refractivity contribution in [2.24, 2.45) is 0 Å². The van der Waals surface area contributed by atoms with Gasteiger partial charge in [0.25, 0.3) is 5.91 Å². The van der Waals surface area contributed by atoms with Crippen molar-refractivity contribution in [3.05, 3.63) is 52.0 Å². The fraction of sp³-hybridized carbons (Fsp3) is 0.333. The van der Waals surface area contributed by atoms with Crippen molar-refractivity contribution in [2.75, 3.05) is 29.9 Å². The number of benzene rings is 2. The molecule has 5 nitrogen and oxygen atoms in total. The molecule has 8 heteroatoms. The summed E-state index contributed by atoms with van der Waals surface area (Å²) in [5.74, 6) is 0.186. The third-order valence-corrected chi connectivity index (χ3v) is 5.43. The molecular weight excluding hydrogens is 429 g/mol. The van der Waals surface area contributed by atoms with Crippen LogP contribution in [0.3, 0.4) is 0 Å². The van der Waals surface area contributed by atoms with Crippen LogP contribution in [0.15, 0.2) is 36.4 Å². The van der Waals surface area contributed by atoms with Gasteiger partial charge in [0.15, 0.2) is 5.11 Å². The van der Waals surface area contributed by atoms with Crippen molar-refractivity contribution in [1.29, 1.82) is 0 Å². The number of hydrogen-bond donors (Lipinski definition) is 2. The number of amides is 1. The lowest BCUT2D eigenvalue weighted by Gasteiger charge is -2.31. The molecule has 1 saturated heterocycles. The molecule has 1 aliphatic rings. The Bertz CT molecular complexity index is 901. The number of anilines is 2. The molecular formula is C21H23Cl2N3O2S. The molecule has 2 aromatic rings. The van der Waals surface area contributed by atoms with Crippen LogP contribution in [0, 0.1) is 0 Å². The predicted molar refractivity (Wildman–Crippen MR) is 124 cm³/mol. The van der Waals surface area contributed by atoms with Crippen LogP contribution in [0.1, 0.15) is 36.5 Å². The number of nitrogens with one attached hydrogen (secondary N) is 2. The first kappa shape index (κ1) is 21.7. The highest BCUT2D eigenvalue weighted by atomic mass is 35.5.